The maximum atomic E-state index is 11.5. The van der Waals surface area contributed by atoms with E-state index in [0.717, 1.165) is 0 Å². The monoisotopic (exact) mass is 223 g/mol. The summed E-state index contributed by atoms with van der Waals surface area (Å²) in [4.78, 5) is 0. The normalized spacial score (nSPS) is 15.5. The highest BCUT2D eigenvalue weighted by molar-refractivity contribution is 7.91. The Kier molecular flexibility index (Phi) is 5.05. The van der Waals surface area contributed by atoms with E-state index in [2.05, 4.69) is 0 Å². The van der Waals surface area contributed by atoms with Crippen molar-refractivity contribution in [1.29, 1.82) is 0 Å². The summed E-state index contributed by atoms with van der Waals surface area (Å²) in [5.41, 5.74) is 5.06. The van der Waals surface area contributed by atoms with E-state index < -0.39 is 9.84 Å². The Hall–Kier alpha value is -0.130. The highest BCUT2D eigenvalue weighted by atomic mass is 32.2. The number of hydrogen-bond acceptors (Lipinski definition) is 4. The molecule has 0 aliphatic carbocycles. The first kappa shape index (κ1) is 13.9. The first-order valence-corrected chi connectivity index (χ1v) is 6.52. The zero-order chi connectivity index (χ0) is 11.4. The number of sulfone groups is 1. The van der Waals surface area contributed by atoms with E-state index in [-0.39, 0.29) is 23.1 Å². The summed E-state index contributed by atoms with van der Waals surface area (Å²) < 4.78 is 28.1. The lowest BCUT2D eigenvalue weighted by Gasteiger charge is -2.22. The predicted molar refractivity (Wildman–Crippen MR) is 58.0 cm³/mol. The molecule has 0 saturated heterocycles. The summed E-state index contributed by atoms with van der Waals surface area (Å²) in [5, 5.41) is 0. The molecule has 5 heteroatoms. The van der Waals surface area contributed by atoms with Crippen LogP contribution in [0.25, 0.3) is 0 Å². The molecule has 0 aromatic rings. The first-order chi connectivity index (χ1) is 6.18. The molecule has 0 fully saturated rings. The van der Waals surface area contributed by atoms with Gasteiger partial charge in [0.2, 0.25) is 0 Å². The molecule has 0 amide bonds. The van der Waals surface area contributed by atoms with Crippen LogP contribution in [0.3, 0.4) is 0 Å². The van der Waals surface area contributed by atoms with Crippen LogP contribution in [0.5, 0.6) is 0 Å². The minimum Gasteiger partial charge on any atom is -0.379 e. The number of nitrogens with two attached hydrogens (primary N) is 1. The average Bonchev–Trinajstić information content (AvgIpc) is 1.99. The Morgan fingerprint density at radius 2 is 1.93 bits per heavy atom. The molecule has 0 spiro atoms. The third-order valence-corrected chi connectivity index (χ3v) is 3.94. The molecule has 0 heterocycles. The van der Waals surface area contributed by atoms with E-state index in [1.54, 1.807) is 14.0 Å². The number of hydrogen-bond donors (Lipinski definition) is 1. The molecule has 1 unspecified atom stereocenters. The number of ether oxygens (including phenoxy) is 1. The van der Waals surface area contributed by atoms with E-state index in [1.807, 2.05) is 13.8 Å². The van der Waals surface area contributed by atoms with Gasteiger partial charge in [0, 0.05) is 13.2 Å². The van der Waals surface area contributed by atoms with E-state index in [4.69, 9.17) is 10.5 Å². The van der Waals surface area contributed by atoms with E-state index in [0.29, 0.717) is 6.42 Å². The molecule has 0 radical (unpaired) electrons. The van der Waals surface area contributed by atoms with Crippen LogP contribution in [0, 0.1) is 0 Å². The number of rotatable bonds is 6. The fourth-order valence-corrected chi connectivity index (χ4v) is 2.76. The summed E-state index contributed by atoms with van der Waals surface area (Å²) in [6.07, 6.45) is 0.499. The molecule has 0 aromatic heterocycles. The fourth-order valence-electron chi connectivity index (χ4n) is 0.987. The maximum absolute atomic E-state index is 11.5. The van der Waals surface area contributed by atoms with Crippen LogP contribution in [0.1, 0.15) is 27.2 Å². The van der Waals surface area contributed by atoms with Gasteiger partial charge in [-0.05, 0) is 27.2 Å². The highest BCUT2D eigenvalue weighted by Gasteiger charge is 2.21. The Bertz CT molecular complexity index is 257. The summed E-state index contributed by atoms with van der Waals surface area (Å²) in [5.74, 6) is 0.183. The average molecular weight is 223 g/mol. The van der Waals surface area contributed by atoms with Gasteiger partial charge in [-0.2, -0.15) is 0 Å². The van der Waals surface area contributed by atoms with Crippen molar-refractivity contribution in [1.82, 2.24) is 0 Å². The molecule has 4 nitrogen and oxygen atoms in total. The molecule has 0 aromatic carbocycles. The van der Waals surface area contributed by atoms with Crippen LogP contribution in [0.4, 0.5) is 0 Å². The van der Waals surface area contributed by atoms with Crippen molar-refractivity contribution < 1.29 is 13.2 Å². The van der Waals surface area contributed by atoms with Crippen molar-refractivity contribution in [3.05, 3.63) is 0 Å². The fraction of sp³-hybridized carbons (Fsp3) is 1.00. The van der Waals surface area contributed by atoms with Crippen LogP contribution >= 0.6 is 0 Å². The van der Waals surface area contributed by atoms with Crippen molar-refractivity contribution >= 4 is 9.84 Å². The van der Waals surface area contributed by atoms with Gasteiger partial charge in [0.15, 0.2) is 9.84 Å². The molecule has 0 aliphatic rings. The smallest absolute Gasteiger partial charge is 0.151 e. The van der Waals surface area contributed by atoms with Crippen molar-refractivity contribution in [2.24, 2.45) is 5.73 Å². The lowest BCUT2D eigenvalue weighted by molar-refractivity contribution is 0.0203. The standard InChI is InChI=1S/C9H21NO3S/c1-8(10)7-14(11,12)6-5-9(2,3)13-4/h8H,5-7,10H2,1-4H3. The van der Waals surface area contributed by atoms with Crippen LogP contribution in [-0.4, -0.2) is 38.7 Å². The van der Waals surface area contributed by atoms with Crippen LogP contribution in [0.2, 0.25) is 0 Å². The van der Waals surface area contributed by atoms with E-state index in [9.17, 15) is 8.42 Å². The molecule has 0 saturated carbocycles. The number of methoxy groups -OCH3 is 1. The van der Waals surface area contributed by atoms with Gasteiger partial charge in [-0.25, -0.2) is 8.42 Å². The van der Waals surface area contributed by atoms with Gasteiger partial charge in [0.1, 0.15) is 0 Å². The molecule has 0 aliphatic heterocycles. The maximum Gasteiger partial charge on any atom is 0.151 e. The Labute approximate surface area is 86.7 Å². The Morgan fingerprint density at radius 3 is 2.29 bits per heavy atom. The molecular weight excluding hydrogens is 202 g/mol. The predicted octanol–water partition coefficient (Wildman–Crippen LogP) is 0.564. The van der Waals surface area contributed by atoms with E-state index in [1.165, 1.54) is 0 Å². The van der Waals surface area contributed by atoms with Gasteiger partial charge < -0.3 is 10.5 Å². The molecule has 1 atom stereocenters. The molecule has 0 bridgehead atoms. The van der Waals surface area contributed by atoms with Crippen molar-refractivity contribution in [2.75, 3.05) is 18.6 Å². The lowest BCUT2D eigenvalue weighted by Crippen LogP contribution is -2.31. The summed E-state index contributed by atoms with van der Waals surface area (Å²) in [6, 6.07) is -0.300. The summed E-state index contributed by atoms with van der Waals surface area (Å²) in [7, 11) is -1.45. The van der Waals surface area contributed by atoms with Gasteiger partial charge in [-0.15, -0.1) is 0 Å². The Morgan fingerprint density at radius 1 is 1.43 bits per heavy atom. The molecule has 14 heavy (non-hydrogen) atoms. The summed E-state index contributed by atoms with van der Waals surface area (Å²) in [6.45, 7) is 5.43. The Balaban J connectivity index is 4.13. The minimum absolute atomic E-state index is 0.0484. The van der Waals surface area contributed by atoms with Gasteiger partial charge in [-0.3, -0.25) is 0 Å². The second-order valence-electron chi connectivity index (χ2n) is 4.31. The zero-order valence-electron chi connectivity index (χ0n) is 9.41. The van der Waals surface area contributed by atoms with Gasteiger partial charge in [0.05, 0.1) is 17.1 Å². The molecule has 2 N–H and O–H groups in total. The van der Waals surface area contributed by atoms with Gasteiger partial charge >= 0.3 is 0 Å². The van der Waals surface area contributed by atoms with Crippen LogP contribution < -0.4 is 5.73 Å². The van der Waals surface area contributed by atoms with Crippen LogP contribution in [0.15, 0.2) is 0 Å². The summed E-state index contributed by atoms with van der Waals surface area (Å²) >= 11 is 0. The van der Waals surface area contributed by atoms with Gasteiger partial charge in [-0.1, -0.05) is 0 Å². The second-order valence-corrected chi connectivity index (χ2v) is 6.53. The zero-order valence-corrected chi connectivity index (χ0v) is 10.2. The van der Waals surface area contributed by atoms with Gasteiger partial charge in [0.25, 0.3) is 0 Å². The molecule has 0 rings (SSSR count). The van der Waals surface area contributed by atoms with Crippen LogP contribution in [-0.2, 0) is 14.6 Å². The first-order valence-electron chi connectivity index (χ1n) is 4.70. The van der Waals surface area contributed by atoms with Crippen molar-refractivity contribution in [3.8, 4) is 0 Å². The molecular formula is C9H21NO3S. The van der Waals surface area contributed by atoms with Crippen molar-refractivity contribution in [2.45, 2.75) is 38.8 Å². The third kappa shape index (κ3) is 6.34. The quantitative estimate of drug-likeness (QED) is 0.714. The van der Waals surface area contributed by atoms with E-state index >= 15 is 0 Å². The minimum atomic E-state index is -3.03. The lowest BCUT2D eigenvalue weighted by atomic mass is 10.1. The topological polar surface area (TPSA) is 69.4 Å². The largest absolute Gasteiger partial charge is 0.379 e. The second kappa shape index (κ2) is 5.09. The highest BCUT2D eigenvalue weighted by Crippen LogP contribution is 2.14. The molecule has 86 valence electrons. The van der Waals surface area contributed by atoms with Crippen molar-refractivity contribution in [3.63, 3.8) is 0 Å². The SMILES string of the molecule is COC(C)(C)CCS(=O)(=O)CC(C)N. The third-order valence-electron chi connectivity index (χ3n) is 2.08.